The monoisotopic (exact) mass is 290 g/mol. The molecule has 21 heavy (non-hydrogen) atoms. The fraction of sp³-hybridized carbons (Fsp3) is 0.714. The first-order valence-corrected chi connectivity index (χ1v) is 9.38. The highest BCUT2D eigenvalue weighted by Crippen LogP contribution is 2.08. The van der Waals surface area contributed by atoms with Crippen molar-refractivity contribution in [2.24, 2.45) is 0 Å². The third-order valence-electron chi connectivity index (χ3n) is 3.77. The highest BCUT2D eigenvalue weighted by atomic mass is 13.9. The summed E-state index contributed by atoms with van der Waals surface area (Å²) in [5.41, 5.74) is 0. The van der Waals surface area contributed by atoms with E-state index in [-0.39, 0.29) is 0 Å². The Morgan fingerprint density at radius 3 is 1.76 bits per heavy atom. The first kappa shape index (κ1) is 20.2. The molecular weight excluding hydrogens is 252 g/mol. The van der Waals surface area contributed by atoms with Crippen LogP contribution in [0.1, 0.15) is 97.3 Å². The summed E-state index contributed by atoms with van der Waals surface area (Å²) in [6.45, 7) is 4.53. The number of rotatable bonds is 15. The molecule has 0 aliphatic heterocycles. The van der Waals surface area contributed by atoms with E-state index in [0.717, 1.165) is 6.42 Å². The van der Waals surface area contributed by atoms with Crippen LogP contribution in [0.25, 0.3) is 0 Å². The topological polar surface area (TPSA) is 0 Å². The minimum atomic E-state index is 1.08. The van der Waals surface area contributed by atoms with Crippen molar-refractivity contribution < 1.29 is 0 Å². The molecule has 0 atom stereocenters. The summed E-state index contributed by atoms with van der Waals surface area (Å²) < 4.78 is 0. The Kier molecular flexibility index (Phi) is 18.5. The molecule has 0 aromatic carbocycles. The molecular formula is C21H38. The molecule has 0 saturated heterocycles. The summed E-state index contributed by atoms with van der Waals surface area (Å²) in [5, 5.41) is 0. The van der Waals surface area contributed by atoms with Gasteiger partial charge in [-0.15, -0.1) is 0 Å². The lowest BCUT2D eigenvalue weighted by Gasteiger charge is -1.98. The minimum absolute atomic E-state index is 1.08. The Balaban J connectivity index is 3.25. The zero-order valence-corrected chi connectivity index (χ0v) is 14.7. The van der Waals surface area contributed by atoms with Gasteiger partial charge in [-0.1, -0.05) is 102 Å². The van der Waals surface area contributed by atoms with Gasteiger partial charge in [0.1, 0.15) is 0 Å². The highest BCUT2D eigenvalue weighted by molar-refractivity contribution is 5.04. The molecule has 0 fully saturated rings. The van der Waals surface area contributed by atoms with E-state index >= 15 is 0 Å². The molecule has 0 N–H and O–H groups in total. The molecule has 0 amide bonds. The molecule has 0 nitrogen and oxygen atoms in total. The van der Waals surface area contributed by atoms with Gasteiger partial charge in [-0.3, -0.25) is 0 Å². The molecule has 0 rings (SSSR count). The second kappa shape index (κ2) is 19.2. The molecule has 0 aromatic heterocycles. The normalized spacial score (nSPS) is 12.3. The fourth-order valence-corrected chi connectivity index (χ4v) is 2.36. The van der Waals surface area contributed by atoms with Crippen LogP contribution in [0.2, 0.25) is 0 Å². The standard InChI is InChI=1S/C21H38/c1-3-5-7-9-11-13-15-17-19-21-20-18-16-14-12-10-8-6-4-2/h11,13,17,19-21H,3-10,12,14-16,18H2,1-2H3/b13-11-,19-17-,21-20+. The third kappa shape index (κ3) is 19.2. The van der Waals surface area contributed by atoms with E-state index in [2.05, 4.69) is 50.3 Å². The van der Waals surface area contributed by atoms with E-state index in [4.69, 9.17) is 0 Å². The molecule has 0 heteroatoms. The Hall–Kier alpha value is -0.780. The zero-order valence-electron chi connectivity index (χ0n) is 14.7. The van der Waals surface area contributed by atoms with Crippen molar-refractivity contribution in [3.05, 3.63) is 36.5 Å². The van der Waals surface area contributed by atoms with Crippen LogP contribution >= 0.6 is 0 Å². The van der Waals surface area contributed by atoms with Gasteiger partial charge in [-0.05, 0) is 32.1 Å². The number of hydrogen-bond acceptors (Lipinski definition) is 0. The maximum Gasteiger partial charge on any atom is -0.0166 e. The van der Waals surface area contributed by atoms with Gasteiger partial charge in [0.15, 0.2) is 0 Å². The molecule has 0 aromatic rings. The van der Waals surface area contributed by atoms with Gasteiger partial charge >= 0.3 is 0 Å². The first-order valence-electron chi connectivity index (χ1n) is 9.38. The van der Waals surface area contributed by atoms with E-state index in [0.29, 0.717) is 0 Å². The van der Waals surface area contributed by atoms with Crippen LogP contribution in [-0.4, -0.2) is 0 Å². The van der Waals surface area contributed by atoms with E-state index in [1.165, 1.54) is 77.0 Å². The maximum absolute atomic E-state index is 2.32. The Morgan fingerprint density at radius 1 is 0.476 bits per heavy atom. The molecule has 0 bridgehead atoms. The molecule has 0 heterocycles. The number of allylic oxidation sites excluding steroid dienone is 6. The van der Waals surface area contributed by atoms with Gasteiger partial charge in [-0.2, -0.15) is 0 Å². The smallest absolute Gasteiger partial charge is 0.0166 e. The van der Waals surface area contributed by atoms with Crippen molar-refractivity contribution >= 4 is 0 Å². The highest BCUT2D eigenvalue weighted by Gasteiger charge is 1.88. The predicted octanol–water partition coefficient (Wildman–Crippen LogP) is 7.77. The average molecular weight is 291 g/mol. The summed E-state index contributed by atoms with van der Waals surface area (Å²) >= 11 is 0. The number of hydrogen-bond donors (Lipinski definition) is 0. The van der Waals surface area contributed by atoms with Gasteiger partial charge in [0, 0.05) is 0 Å². The molecule has 122 valence electrons. The summed E-state index contributed by atoms with van der Waals surface area (Å²) in [5.74, 6) is 0. The van der Waals surface area contributed by atoms with Gasteiger partial charge < -0.3 is 0 Å². The lowest BCUT2D eigenvalue weighted by molar-refractivity contribution is 0.592. The van der Waals surface area contributed by atoms with Crippen LogP contribution in [0.15, 0.2) is 36.5 Å². The van der Waals surface area contributed by atoms with Gasteiger partial charge in [0.05, 0.1) is 0 Å². The summed E-state index contributed by atoms with van der Waals surface area (Å²) in [6.07, 6.45) is 31.0. The largest absolute Gasteiger partial charge is 0.0882 e. The molecule has 0 aliphatic rings. The van der Waals surface area contributed by atoms with Crippen molar-refractivity contribution in [1.82, 2.24) is 0 Å². The lowest BCUT2D eigenvalue weighted by atomic mass is 10.1. The quantitative estimate of drug-likeness (QED) is 0.164. The molecule has 0 aliphatic carbocycles. The van der Waals surface area contributed by atoms with Crippen molar-refractivity contribution in [3.63, 3.8) is 0 Å². The maximum atomic E-state index is 2.32. The molecule has 0 unspecified atom stereocenters. The van der Waals surface area contributed by atoms with Crippen molar-refractivity contribution in [2.75, 3.05) is 0 Å². The average Bonchev–Trinajstić information content (AvgIpc) is 2.50. The fourth-order valence-electron chi connectivity index (χ4n) is 2.36. The van der Waals surface area contributed by atoms with Gasteiger partial charge in [0.2, 0.25) is 0 Å². The molecule has 0 saturated carbocycles. The van der Waals surface area contributed by atoms with E-state index in [1.54, 1.807) is 0 Å². The summed E-state index contributed by atoms with van der Waals surface area (Å²) in [7, 11) is 0. The van der Waals surface area contributed by atoms with Gasteiger partial charge in [-0.25, -0.2) is 0 Å². The second-order valence-electron chi connectivity index (χ2n) is 5.97. The summed E-state index contributed by atoms with van der Waals surface area (Å²) in [6, 6.07) is 0. The van der Waals surface area contributed by atoms with Crippen molar-refractivity contribution in [1.29, 1.82) is 0 Å². The minimum Gasteiger partial charge on any atom is -0.0882 e. The SMILES string of the molecule is CCCCC/C=C\C/C=C\C=C\CCCCCCCCC. The van der Waals surface area contributed by atoms with Crippen LogP contribution in [0, 0.1) is 0 Å². The second-order valence-corrected chi connectivity index (χ2v) is 5.97. The van der Waals surface area contributed by atoms with Crippen molar-refractivity contribution in [2.45, 2.75) is 97.3 Å². The predicted molar refractivity (Wildman–Crippen MR) is 98.8 cm³/mol. The first-order chi connectivity index (χ1) is 10.4. The van der Waals surface area contributed by atoms with Crippen LogP contribution in [-0.2, 0) is 0 Å². The number of unbranched alkanes of at least 4 members (excludes halogenated alkanes) is 10. The van der Waals surface area contributed by atoms with Crippen LogP contribution < -0.4 is 0 Å². The summed E-state index contributed by atoms with van der Waals surface area (Å²) in [4.78, 5) is 0. The Labute approximate surface area is 134 Å². The van der Waals surface area contributed by atoms with E-state index < -0.39 is 0 Å². The molecule has 0 radical (unpaired) electrons. The third-order valence-corrected chi connectivity index (χ3v) is 3.77. The van der Waals surface area contributed by atoms with Crippen LogP contribution in [0.4, 0.5) is 0 Å². The molecule has 0 spiro atoms. The van der Waals surface area contributed by atoms with Crippen LogP contribution in [0.5, 0.6) is 0 Å². The van der Waals surface area contributed by atoms with Gasteiger partial charge in [0.25, 0.3) is 0 Å². The van der Waals surface area contributed by atoms with Crippen molar-refractivity contribution in [3.8, 4) is 0 Å². The Morgan fingerprint density at radius 2 is 1.00 bits per heavy atom. The lowest BCUT2D eigenvalue weighted by Crippen LogP contribution is -1.78. The Bertz CT molecular complexity index is 257. The van der Waals surface area contributed by atoms with E-state index in [9.17, 15) is 0 Å². The zero-order chi connectivity index (χ0) is 15.4. The van der Waals surface area contributed by atoms with Crippen LogP contribution in [0.3, 0.4) is 0 Å². The van der Waals surface area contributed by atoms with E-state index in [1.807, 2.05) is 0 Å².